The Bertz CT molecular complexity index is 663. The summed E-state index contributed by atoms with van der Waals surface area (Å²) in [5.74, 6) is 1.59. The van der Waals surface area contributed by atoms with Gasteiger partial charge >= 0.3 is 0 Å². The molecule has 0 amide bonds. The van der Waals surface area contributed by atoms with Gasteiger partial charge in [-0.3, -0.25) is 9.89 Å². The van der Waals surface area contributed by atoms with Gasteiger partial charge in [-0.1, -0.05) is 6.07 Å². The second-order valence-electron chi connectivity index (χ2n) is 6.47. The Morgan fingerprint density at radius 2 is 2.15 bits per heavy atom. The second-order valence-corrected chi connectivity index (χ2v) is 8.82. The van der Waals surface area contributed by atoms with Crippen LogP contribution in [0.5, 0.6) is 0 Å². The molecule has 0 aromatic carbocycles. The van der Waals surface area contributed by atoms with Crippen molar-refractivity contribution in [3.63, 3.8) is 0 Å². The number of aromatic nitrogens is 1. The molecule has 0 saturated carbocycles. The molecule has 2 aromatic rings. The van der Waals surface area contributed by atoms with E-state index >= 15 is 0 Å². The Kier molecular flexibility index (Phi) is 9.30. The molecule has 1 aliphatic rings. The number of likely N-dealkylation sites (tertiary alicyclic amines) is 1. The summed E-state index contributed by atoms with van der Waals surface area (Å²) in [5.41, 5.74) is 0. The summed E-state index contributed by atoms with van der Waals surface area (Å²) in [6.45, 7) is 7.29. The molecule has 5 nitrogen and oxygen atoms in total. The molecular weight excluding hydrogens is 477 g/mol. The van der Waals surface area contributed by atoms with Gasteiger partial charge < -0.3 is 10.6 Å². The molecule has 144 valence electrons. The number of guanidine groups is 1. The van der Waals surface area contributed by atoms with E-state index in [1.807, 2.05) is 24.6 Å². The van der Waals surface area contributed by atoms with Crippen molar-refractivity contribution in [2.24, 2.45) is 10.9 Å². The lowest BCUT2D eigenvalue weighted by Crippen LogP contribution is -2.42. The van der Waals surface area contributed by atoms with Crippen molar-refractivity contribution in [3.8, 4) is 0 Å². The number of nitrogens with one attached hydrogen (secondary N) is 2. The third-order valence-electron chi connectivity index (χ3n) is 4.52. The van der Waals surface area contributed by atoms with E-state index in [2.05, 4.69) is 49.9 Å². The number of aliphatic imine (C=N–C) groups is 1. The van der Waals surface area contributed by atoms with Crippen molar-refractivity contribution < 1.29 is 0 Å². The molecule has 1 fully saturated rings. The minimum absolute atomic E-state index is 0. The first-order valence-electron chi connectivity index (χ1n) is 8.83. The zero-order valence-corrected chi connectivity index (χ0v) is 19.4. The molecule has 0 spiro atoms. The summed E-state index contributed by atoms with van der Waals surface area (Å²) in [6, 6.07) is 4.38. The smallest absolute Gasteiger partial charge is 0.191 e. The summed E-state index contributed by atoms with van der Waals surface area (Å²) in [4.78, 5) is 14.0. The van der Waals surface area contributed by atoms with E-state index in [1.165, 1.54) is 35.7 Å². The van der Waals surface area contributed by atoms with Gasteiger partial charge in [-0.2, -0.15) is 0 Å². The van der Waals surface area contributed by atoms with Crippen LogP contribution in [0.2, 0.25) is 0 Å². The van der Waals surface area contributed by atoms with Gasteiger partial charge in [-0.05, 0) is 50.2 Å². The van der Waals surface area contributed by atoms with Gasteiger partial charge in [0.25, 0.3) is 0 Å². The predicted octanol–water partition coefficient (Wildman–Crippen LogP) is 3.71. The van der Waals surface area contributed by atoms with Crippen molar-refractivity contribution in [3.05, 3.63) is 38.5 Å². The van der Waals surface area contributed by atoms with E-state index in [0.29, 0.717) is 0 Å². The summed E-state index contributed by atoms with van der Waals surface area (Å²) in [5, 5.41) is 10.1. The van der Waals surface area contributed by atoms with Gasteiger partial charge in [0.15, 0.2) is 5.96 Å². The molecular formula is C18H28IN5S2. The maximum atomic E-state index is 4.38. The standard InChI is InChI=1S/C18H27N5S2.HI/c1-14-10-20-17(25-14)12-22-18(19-2)21-11-15-5-7-23(8-6-15)13-16-4-3-9-24-16;/h3-4,9-10,15H,5-8,11-13H2,1-2H3,(H2,19,21,22);1H. The highest BCUT2D eigenvalue weighted by Crippen LogP contribution is 2.20. The number of thiazole rings is 1. The Morgan fingerprint density at radius 1 is 1.35 bits per heavy atom. The molecule has 1 aliphatic heterocycles. The molecule has 3 rings (SSSR count). The number of aryl methyl sites for hydroxylation is 1. The molecule has 0 aliphatic carbocycles. The average molecular weight is 505 g/mol. The van der Waals surface area contributed by atoms with E-state index < -0.39 is 0 Å². The van der Waals surface area contributed by atoms with Crippen LogP contribution in [0.1, 0.15) is 27.6 Å². The fourth-order valence-corrected chi connectivity index (χ4v) is 4.55. The van der Waals surface area contributed by atoms with Gasteiger partial charge in [-0.25, -0.2) is 4.98 Å². The third-order valence-corrected chi connectivity index (χ3v) is 6.30. The summed E-state index contributed by atoms with van der Waals surface area (Å²) >= 11 is 3.58. The lowest BCUT2D eigenvalue weighted by Gasteiger charge is -2.32. The minimum Gasteiger partial charge on any atom is -0.356 e. The van der Waals surface area contributed by atoms with E-state index in [9.17, 15) is 0 Å². The SMILES string of the molecule is CN=C(NCc1ncc(C)s1)NCC1CCN(Cc2cccs2)CC1.I. The normalized spacial score (nSPS) is 16.3. The van der Waals surface area contributed by atoms with Crippen LogP contribution in [0.3, 0.4) is 0 Å². The van der Waals surface area contributed by atoms with Crippen LogP contribution < -0.4 is 10.6 Å². The zero-order valence-electron chi connectivity index (χ0n) is 15.4. The molecule has 2 N–H and O–H groups in total. The predicted molar refractivity (Wildman–Crippen MR) is 123 cm³/mol. The highest BCUT2D eigenvalue weighted by molar-refractivity contribution is 14.0. The van der Waals surface area contributed by atoms with Gasteiger partial charge in [-0.15, -0.1) is 46.7 Å². The summed E-state index contributed by atoms with van der Waals surface area (Å²) in [6.07, 6.45) is 4.42. The van der Waals surface area contributed by atoms with Crippen LogP contribution in [-0.2, 0) is 13.1 Å². The maximum absolute atomic E-state index is 4.38. The van der Waals surface area contributed by atoms with E-state index in [-0.39, 0.29) is 24.0 Å². The van der Waals surface area contributed by atoms with Crippen molar-refractivity contribution in [2.75, 3.05) is 26.7 Å². The number of thiophene rings is 1. The number of hydrogen-bond donors (Lipinski definition) is 2. The van der Waals surface area contributed by atoms with Crippen molar-refractivity contribution in [1.29, 1.82) is 0 Å². The van der Waals surface area contributed by atoms with Crippen molar-refractivity contribution in [1.82, 2.24) is 20.5 Å². The van der Waals surface area contributed by atoms with E-state index in [1.54, 1.807) is 11.3 Å². The monoisotopic (exact) mass is 505 g/mol. The van der Waals surface area contributed by atoms with Gasteiger partial charge in [0, 0.05) is 36.1 Å². The summed E-state index contributed by atoms with van der Waals surface area (Å²) in [7, 11) is 1.83. The molecule has 2 aromatic heterocycles. The Morgan fingerprint density at radius 3 is 2.77 bits per heavy atom. The number of nitrogens with zero attached hydrogens (tertiary/aromatic N) is 3. The fourth-order valence-electron chi connectivity index (χ4n) is 3.08. The molecule has 0 atom stereocenters. The highest BCUT2D eigenvalue weighted by Gasteiger charge is 2.19. The van der Waals surface area contributed by atoms with Crippen molar-refractivity contribution in [2.45, 2.75) is 32.9 Å². The molecule has 0 unspecified atom stereocenters. The van der Waals surface area contributed by atoms with Gasteiger partial charge in [0.05, 0.1) is 6.54 Å². The van der Waals surface area contributed by atoms with Crippen LogP contribution in [0.4, 0.5) is 0 Å². The molecule has 26 heavy (non-hydrogen) atoms. The Balaban J connectivity index is 0.00000243. The van der Waals surface area contributed by atoms with E-state index in [0.717, 1.165) is 36.5 Å². The molecule has 1 saturated heterocycles. The number of rotatable bonds is 6. The topological polar surface area (TPSA) is 52.6 Å². The van der Waals surface area contributed by atoms with Crippen LogP contribution in [-0.4, -0.2) is 42.5 Å². The quantitative estimate of drug-likeness (QED) is 0.357. The molecule has 3 heterocycles. The van der Waals surface area contributed by atoms with Crippen LogP contribution in [0.25, 0.3) is 0 Å². The third kappa shape index (κ3) is 6.79. The average Bonchev–Trinajstić information content (AvgIpc) is 3.28. The number of halogens is 1. The minimum atomic E-state index is 0. The van der Waals surface area contributed by atoms with Gasteiger partial charge in [0.2, 0.25) is 0 Å². The molecule has 0 bridgehead atoms. The molecule has 0 radical (unpaired) electrons. The molecule has 8 heteroatoms. The van der Waals surface area contributed by atoms with Crippen LogP contribution in [0.15, 0.2) is 28.7 Å². The van der Waals surface area contributed by atoms with E-state index in [4.69, 9.17) is 0 Å². The number of piperidine rings is 1. The fraction of sp³-hybridized carbons (Fsp3) is 0.556. The first kappa shape index (κ1) is 21.6. The summed E-state index contributed by atoms with van der Waals surface area (Å²) < 4.78 is 0. The largest absolute Gasteiger partial charge is 0.356 e. The van der Waals surface area contributed by atoms with Crippen LogP contribution >= 0.6 is 46.7 Å². The maximum Gasteiger partial charge on any atom is 0.191 e. The first-order valence-corrected chi connectivity index (χ1v) is 10.5. The zero-order chi connectivity index (χ0) is 17.5. The lowest BCUT2D eigenvalue weighted by molar-refractivity contribution is 0.179. The van der Waals surface area contributed by atoms with Gasteiger partial charge in [0.1, 0.15) is 5.01 Å². The Hall–Kier alpha value is -0.710. The van der Waals surface area contributed by atoms with Crippen LogP contribution in [0, 0.1) is 12.8 Å². The number of hydrogen-bond acceptors (Lipinski definition) is 5. The second kappa shape index (κ2) is 11.2. The van der Waals surface area contributed by atoms with Crippen molar-refractivity contribution >= 4 is 52.6 Å². The Labute approximate surface area is 181 Å². The highest BCUT2D eigenvalue weighted by atomic mass is 127. The lowest BCUT2D eigenvalue weighted by atomic mass is 9.97. The first-order chi connectivity index (χ1) is 12.2.